The van der Waals surface area contributed by atoms with E-state index < -0.39 is 11.3 Å². The first-order valence-corrected chi connectivity index (χ1v) is 4.23. The van der Waals surface area contributed by atoms with Crippen LogP contribution in [-0.2, 0) is 9.59 Å². The number of hydrogen-bond acceptors (Lipinski definition) is 3. The van der Waals surface area contributed by atoms with Crippen molar-refractivity contribution in [2.75, 3.05) is 13.1 Å². The van der Waals surface area contributed by atoms with Crippen LogP contribution in [-0.4, -0.2) is 24.9 Å². The van der Waals surface area contributed by atoms with E-state index in [1.54, 1.807) is 6.92 Å². The van der Waals surface area contributed by atoms with E-state index in [9.17, 15) is 9.59 Å². The Morgan fingerprint density at radius 2 is 2.00 bits per heavy atom. The summed E-state index contributed by atoms with van der Waals surface area (Å²) in [6.45, 7) is 3.75. The molecule has 1 atom stereocenters. The topological polar surface area (TPSA) is 98.2 Å². The third-order valence-corrected chi connectivity index (χ3v) is 2.20. The van der Waals surface area contributed by atoms with E-state index in [1.807, 2.05) is 6.92 Å². The van der Waals surface area contributed by atoms with E-state index in [-0.39, 0.29) is 19.0 Å². The first-order valence-electron chi connectivity index (χ1n) is 4.23. The molecule has 5 nitrogen and oxygen atoms in total. The Kier molecular flexibility index (Phi) is 4.40. The fourth-order valence-electron chi connectivity index (χ4n) is 0.778. The number of carbonyl (C=O) groups excluding carboxylic acids is 2. The molecule has 0 fully saturated rings. The molecule has 76 valence electrons. The fourth-order valence-corrected chi connectivity index (χ4v) is 0.778. The Labute approximate surface area is 77.8 Å². The first kappa shape index (κ1) is 11.9. The molecule has 0 radical (unpaired) electrons. The summed E-state index contributed by atoms with van der Waals surface area (Å²) in [7, 11) is 0. The van der Waals surface area contributed by atoms with E-state index >= 15 is 0 Å². The lowest BCUT2D eigenvalue weighted by molar-refractivity contribution is -0.131. The van der Waals surface area contributed by atoms with Crippen molar-refractivity contribution in [3.05, 3.63) is 0 Å². The second kappa shape index (κ2) is 4.81. The molecule has 13 heavy (non-hydrogen) atoms. The van der Waals surface area contributed by atoms with Gasteiger partial charge in [-0.25, -0.2) is 0 Å². The van der Waals surface area contributed by atoms with Crippen LogP contribution in [0.3, 0.4) is 0 Å². The van der Waals surface area contributed by atoms with Gasteiger partial charge in [0.05, 0.1) is 12.0 Å². The Morgan fingerprint density at radius 3 is 2.31 bits per heavy atom. The molecular weight excluding hydrogens is 170 g/mol. The maximum absolute atomic E-state index is 11.4. The van der Waals surface area contributed by atoms with Crippen LogP contribution in [0.25, 0.3) is 0 Å². The molecule has 0 aromatic carbocycles. The summed E-state index contributed by atoms with van der Waals surface area (Å²) >= 11 is 0. The molecule has 2 amide bonds. The minimum Gasteiger partial charge on any atom is -0.368 e. The smallest absolute Gasteiger partial charge is 0.236 e. The quantitative estimate of drug-likeness (QED) is 0.513. The predicted molar refractivity (Wildman–Crippen MR) is 49.7 cm³/mol. The number of rotatable bonds is 5. The van der Waals surface area contributed by atoms with Crippen LogP contribution in [0.1, 0.15) is 20.3 Å². The standard InChI is InChI=1S/C8H17N3O2/c1-3-8(2,5-9)7(13)11-4-6(10)12/h3-5,9H2,1-2H3,(H2,10,12)(H,11,13). The lowest BCUT2D eigenvalue weighted by atomic mass is 9.87. The van der Waals surface area contributed by atoms with Crippen LogP contribution < -0.4 is 16.8 Å². The van der Waals surface area contributed by atoms with E-state index in [0.29, 0.717) is 6.42 Å². The van der Waals surface area contributed by atoms with Gasteiger partial charge >= 0.3 is 0 Å². The summed E-state index contributed by atoms with van der Waals surface area (Å²) in [5.74, 6) is -0.778. The Morgan fingerprint density at radius 1 is 1.46 bits per heavy atom. The number of nitrogens with one attached hydrogen (secondary N) is 1. The first-order chi connectivity index (χ1) is 5.96. The van der Waals surface area contributed by atoms with Crippen molar-refractivity contribution in [1.29, 1.82) is 0 Å². The van der Waals surface area contributed by atoms with E-state index in [1.165, 1.54) is 0 Å². The van der Waals surface area contributed by atoms with Crippen LogP contribution in [0, 0.1) is 5.41 Å². The van der Waals surface area contributed by atoms with E-state index in [4.69, 9.17) is 11.5 Å². The molecule has 1 unspecified atom stereocenters. The van der Waals surface area contributed by atoms with Gasteiger partial charge < -0.3 is 16.8 Å². The largest absolute Gasteiger partial charge is 0.368 e. The number of nitrogens with two attached hydrogens (primary N) is 2. The second-order valence-corrected chi connectivity index (χ2v) is 3.27. The molecule has 0 saturated heterocycles. The van der Waals surface area contributed by atoms with Gasteiger partial charge in [0.15, 0.2) is 0 Å². The van der Waals surface area contributed by atoms with Crippen LogP contribution in [0.4, 0.5) is 0 Å². The van der Waals surface area contributed by atoms with E-state index in [0.717, 1.165) is 0 Å². The van der Waals surface area contributed by atoms with Gasteiger partial charge in [-0.15, -0.1) is 0 Å². The van der Waals surface area contributed by atoms with Crippen molar-refractivity contribution in [2.24, 2.45) is 16.9 Å². The van der Waals surface area contributed by atoms with Gasteiger partial charge in [0.2, 0.25) is 11.8 Å². The summed E-state index contributed by atoms with van der Waals surface area (Å²) in [5.41, 5.74) is 9.73. The third kappa shape index (κ3) is 3.42. The third-order valence-electron chi connectivity index (χ3n) is 2.20. The molecule has 0 bridgehead atoms. The molecule has 0 spiro atoms. The second-order valence-electron chi connectivity index (χ2n) is 3.27. The molecular formula is C8H17N3O2. The lowest BCUT2D eigenvalue weighted by Gasteiger charge is -2.24. The number of primary amides is 1. The zero-order chi connectivity index (χ0) is 10.5. The van der Waals surface area contributed by atoms with Crippen molar-refractivity contribution in [3.8, 4) is 0 Å². The van der Waals surface area contributed by atoms with Gasteiger partial charge in [0.25, 0.3) is 0 Å². The normalized spacial score (nSPS) is 14.7. The summed E-state index contributed by atoms with van der Waals surface area (Å²) < 4.78 is 0. The summed E-state index contributed by atoms with van der Waals surface area (Å²) in [4.78, 5) is 21.8. The highest BCUT2D eigenvalue weighted by Gasteiger charge is 2.29. The summed E-state index contributed by atoms with van der Waals surface area (Å²) in [5, 5.41) is 2.43. The SMILES string of the molecule is CCC(C)(CN)C(=O)NCC(N)=O. The number of carbonyl (C=O) groups is 2. The molecule has 0 aromatic rings. The fraction of sp³-hybridized carbons (Fsp3) is 0.750. The molecule has 0 aromatic heterocycles. The molecule has 5 N–H and O–H groups in total. The average molecular weight is 187 g/mol. The summed E-state index contributed by atoms with van der Waals surface area (Å²) in [6, 6.07) is 0. The van der Waals surface area contributed by atoms with Crippen molar-refractivity contribution in [2.45, 2.75) is 20.3 Å². The van der Waals surface area contributed by atoms with Crippen LogP contribution in [0.15, 0.2) is 0 Å². The zero-order valence-electron chi connectivity index (χ0n) is 8.09. The predicted octanol–water partition coefficient (Wildman–Crippen LogP) is -1.04. The van der Waals surface area contributed by atoms with Crippen LogP contribution >= 0.6 is 0 Å². The monoisotopic (exact) mass is 187 g/mol. The minimum atomic E-state index is -0.602. The molecule has 0 rings (SSSR count). The van der Waals surface area contributed by atoms with Gasteiger partial charge in [-0.2, -0.15) is 0 Å². The van der Waals surface area contributed by atoms with Gasteiger partial charge in [0.1, 0.15) is 0 Å². The van der Waals surface area contributed by atoms with Crippen LogP contribution in [0.2, 0.25) is 0 Å². The van der Waals surface area contributed by atoms with Gasteiger partial charge in [-0.3, -0.25) is 9.59 Å². The van der Waals surface area contributed by atoms with Crippen molar-refractivity contribution < 1.29 is 9.59 Å². The van der Waals surface area contributed by atoms with Crippen molar-refractivity contribution in [3.63, 3.8) is 0 Å². The molecule has 0 aliphatic carbocycles. The van der Waals surface area contributed by atoms with Gasteiger partial charge in [-0.1, -0.05) is 6.92 Å². The van der Waals surface area contributed by atoms with Crippen molar-refractivity contribution >= 4 is 11.8 Å². The Hall–Kier alpha value is -1.10. The molecule has 0 heterocycles. The lowest BCUT2D eigenvalue weighted by Crippen LogP contribution is -2.46. The highest BCUT2D eigenvalue weighted by Crippen LogP contribution is 2.18. The van der Waals surface area contributed by atoms with Crippen molar-refractivity contribution in [1.82, 2.24) is 5.32 Å². The number of amides is 2. The maximum Gasteiger partial charge on any atom is 0.236 e. The Bertz CT molecular complexity index is 200. The van der Waals surface area contributed by atoms with Gasteiger partial charge in [-0.05, 0) is 13.3 Å². The Balaban J connectivity index is 4.15. The van der Waals surface area contributed by atoms with Crippen LogP contribution in [0.5, 0.6) is 0 Å². The zero-order valence-corrected chi connectivity index (χ0v) is 8.09. The summed E-state index contributed by atoms with van der Waals surface area (Å²) in [6.07, 6.45) is 0.633. The minimum absolute atomic E-state index is 0.131. The highest BCUT2D eigenvalue weighted by molar-refractivity contribution is 5.87. The average Bonchev–Trinajstić information content (AvgIpc) is 2.12. The van der Waals surface area contributed by atoms with E-state index in [2.05, 4.69) is 5.32 Å². The molecule has 0 aliphatic rings. The highest BCUT2D eigenvalue weighted by atomic mass is 16.2. The number of hydrogen-bond donors (Lipinski definition) is 3. The molecule has 0 saturated carbocycles. The van der Waals surface area contributed by atoms with Gasteiger partial charge in [0, 0.05) is 6.54 Å². The molecule has 5 heteroatoms. The molecule has 0 aliphatic heterocycles. The maximum atomic E-state index is 11.4.